The average molecular weight is 369 g/mol. The van der Waals surface area contributed by atoms with Crippen molar-refractivity contribution in [3.63, 3.8) is 0 Å². The molecule has 0 saturated heterocycles. The van der Waals surface area contributed by atoms with E-state index in [1.165, 1.54) is 5.69 Å². The lowest BCUT2D eigenvalue weighted by Crippen LogP contribution is -2.38. The number of aromatic nitrogens is 1. The van der Waals surface area contributed by atoms with Crippen LogP contribution in [0.4, 0.5) is 10.5 Å². The van der Waals surface area contributed by atoms with Crippen LogP contribution < -0.4 is 10.2 Å². The van der Waals surface area contributed by atoms with E-state index in [1.807, 2.05) is 36.4 Å². The Bertz CT molecular complexity index is 816. The van der Waals surface area contributed by atoms with Crippen LogP contribution in [-0.4, -0.2) is 43.1 Å². The van der Waals surface area contributed by atoms with Crippen molar-refractivity contribution in [3.8, 4) is 0 Å². The highest BCUT2D eigenvalue weighted by atomic mass is 32.1. The molecule has 2 aromatic carbocycles. The number of para-hydroxylation sites is 2. The third-order valence-corrected chi connectivity index (χ3v) is 5.22. The molecule has 1 aromatic heterocycles. The minimum Gasteiger partial charge on any atom is -0.375 e. The van der Waals surface area contributed by atoms with Crippen molar-refractivity contribution in [3.05, 3.63) is 59.6 Å². The molecule has 0 aliphatic rings. The zero-order valence-electron chi connectivity index (χ0n) is 15.2. The first-order valence-electron chi connectivity index (χ1n) is 8.73. The second-order valence-corrected chi connectivity index (χ2v) is 7.39. The number of fused-ring (bicyclic) bond motifs is 1. The van der Waals surface area contributed by atoms with E-state index in [9.17, 15) is 4.79 Å². The molecule has 2 amide bonds. The van der Waals surface area contributed by atoms with E-state index in [0.29, 0.717) is 13.1 Å². The van der Waals surface area contributed by atoms with Crippen molar-refractivity contribution < 1.29 is 4.79 Å². The number of nitrogens with one attached hydrogen (secondary N) is 1. The number of hydrogen-bond donors (Lipinski definition) is 1. The largest absolute Gasteiger partial charge is 0.375 e. The zero-order valence-corrected chi connectivity index (χ0v) is 16.0. The number of carbonyl (C=O) groups is 1. The fourth-order valence-electron chi connectivity index (χ4n) is 2.72. The molecule has 3 aromatic rings. The number of carbonyl (C=O) groups excluding carboxylic acids is 1. The second-order valence-electron chi connectivity index (χ2n) is 6.27. The normalized spacial score (nSPS) is 10.7. The lowest BCUT2D eigenvalue weighted by atomic mass is 10.3. The fraction of sp³-hybridized carbons (Fsp3) is 0.300. The molecule has 136 valence electrons. The molecule has 0 atom stereocenters. The summed E-state index contributed by atoms with van der Waals surface area (Å²) in [6.07, 6.45) is 0.895. The Hall–Kier alpha value is -2.60. The Morgan fingerprint density at radius 2 is 1.81 bits per heavy atom. The van der Waals surface area contributed by atoms with E-state index in [-0.39, 0.29) is 6.03 Å². The molecule has 0 aliphatic heterocycles. The summed E-state index contributed by atoms with van der Waals surface area (Å²) in [4.78, 5) is 20.7. The summed E-state index contributed by atoms with van der Waals surface area (Å²) >= 11 is 1.63. The van der Waals surface area contributed by atoms with Crippen molar-refractivity contribution in [2.45, 2.75) is 13.0 Å². The highest BCUT2D eigenvalue weighted by molar-refractivity contribution is 7.18. The number of hydrogen-bond acceptors (Lipinski definition) is 4. The van der Waals surface area contributed by atoms with Gasteiger partial charge < -0.3 is 15.1 Å². The minimum absolute atomic E-state index is 0.0633. The predicted octanol–water partition coefficient (Wildman–Crippen LogP) is 3.96. The molecular formula is C20H24N4OS. The molecule has 0 fully saturated rings. The van der Waals surface area contributed by atoms with E-state index < -0.39 is 0 Å². The number of urea groups is 1. The first-order chi connectivity index (χ1) is 12.6. The van der Waals surface area contributed by atoms with E-state index >= 15 is 0 Å². The summed E-state index contributed by atoms with van der Waals surface area (Å²) in [6.45, 7) is 2.07. The predicted molar refractivity (Wildman–Crippen MR) is 109 cm³/mol. The lowest BCUT2D eigenvalue weighted by molar-refractivity contribution is 0.207. The number of amides is 2. The molecule has 3 rings (SSSR count). The smallest absolute Gasteiger partial charge is 0.317 e. The van der Waals surface area contributed by atoms with Gasteiger partial charge in [0.1, 0.15) is 5.01 Å². The van der Waals surface area contributed by atoms with Gasteiger partial charge in [-0.2, -0.15) is 0 Å². The van der Waals surface area contributed by atoms with E-state index in [2.05, 4.69) is 40.4 Å². The van der Waals surface area contributed by atoms with Gasteiger partial charge in [0.2, 0.25) is 0 Å². The summed E-state index contributed by atoms with van der Waals surface area (Å²) in [5.74, 6) is 0. The van der Waals surface area contributed by atoms with Crippen molar-refractivity contribution in [2.75, 3.05) is 32.1 Å². The van der Waals surface area contributed by atoms with Crippen LogP contribution in [0, 0.1) is 0 Å². The van der Waals surface area contributed by atoms with Crippen LogP contribution in [0.2, 0.25) is 0 Å². The van der Waals surface area contributed by atoms with E-state index in [0.717, 1.165) is 28.2 Å². The summed E-state index contributed by atoms with van der Waals surface area (Å²) < 4.78 is 1.15. The summed E-state index contributed by atoms with van der Waals surface area (Å²) in [5, 5.41) is 3.93. The second kappa shape index (κ2) is 8.67. The first-order valence-corrected chi connectivity index (χ1v) is 9.55. The van der Waals surface area contributed by atoms with Crippen LogP contribution in [0.15, 0.2) is 54.6 Å². The molecule has 0 unspecified atom stereocenters. The number of rotatable bonds is 7. The average Bonchev–Trinajstić information content (AvgIpc) is 3.07. The van der Waals surface area contributed by atoms with Crippen LogP contribution in [0.5, 0.6) is 0 Å². The van der Waals surface area contributed by atoms with Gasteiger partial charge in [-0.25, -0.2) is 9.78 Å². The van der Waals surface area contributed by atoms with Gasteiger partial charge in [0.15, 0.2) is 0 Å². The van der Waals surface area contributed by atoms with Gasteiger partial charge in [-0.05, 0) is 30.7 Å². The van der Waals surface area contributed by atoms with Crippen LogP contribution >= 0.6 is 11.3 Å². The Labute approximate surface area is 158 Å². The zero-order chi connectivity index (χ0) is 18.4. The maximum atomic E-state index is 12.3. The molecule has 0 saturated carbocycles. The number of anilines is 1. The fourth-order valence-corrected chi connectivity index (χ4v) is 3.74. The first kappa shape index (κ1) is 18.2. The quantitative estimate of drug-likeness (QED) is 0.642. The van der Waals surface area contributed by atoms with Crippen molar-refractivity contribution >= 4 is 33.3 Å². The third-order valence-electron chi connectivity index (χ3n) is 4.20. The maximum absolute atomic E-state index is 12.3. The standard InChI is InChI=1S/C20H24N4OS/c1-23(16-9-4-3-5-10-16)14-8-13-21-20(25)24(2)15-19-22-17-11-6-7-12-18(17)26-19/h3-7,9-12H,8,13-15H2,1-2H3,(H,21,25). The molecule has 5 nitrogen and oxygen atoms in total. The van der Waals surface area contributed by atoms with Crippen molar-refractivity contribution in [1.82, 2.24) is 15.2 Å². The SMILES string of the molecule is CN(Cc1nc2ccccc2s1)C(=O)NCCCN(C)c1ccccc1. The molecule has 0 aliphatic carbocycles. The summed E-state index contributed by atoms with van der Waals surface area (Å²) in [5.41, 5.74) is 2.18. The highest BCUT2D eigenvalue weighted by Crippen LogP contribution is 2.22. The number of nitrogens with zero attached hydrogens (tertiary/aromatic N) is 3. The molecule has 0 spiro atoms. The van der Waals surface area contributed by atoms with Gasteiger partial charge in [0, 0.05) is 32.9 Å². The van der Waals surface area contributed by atoms with Crippen LogP contribution in [-0.2, 0) is 6.54 Å². The Kier molecular flexibility index (Phi) is 6.07. The van der Waals surface area contributed by atoms with Crippen molar-refractivity contribution in [2.24, 2.45) is 0 Å². The van der Waals surface area contributed by atoms with Gasteiger partial charge in [-0.1, -0.05) is 30.3 Å². The van der Waals surface area contributed by atoms with Crippen molar-refractivity contribution in [1.29, 1.82) is 0 Å². The monoisotopic (exact) mass is 368 g/mol. The Balaban J connectivity index is 1.41. The molecule has 1 heterocycles. The van der Waals surface area contributed by atoms with E-state index in [4.69, 9.17) is 0 Å². The molecular weight excluding hydrogens is 344 g/mol. The van der Waals surface area contributed by atoms with Gasteiger partial charge >= 0.3 is 6.03 Å². The minimum atomic E-state index is -0.0633. The Morgan fingerprint density at radius 3 is 2.58 bits per heavy atom. The number of thiazole rings is 1. The summed E-state index contributed by atoms with van der Waals surface area (Å²) in [6, 6.07) is 18.2. The third kappa shape index (κ3) is 4.73. The number of benzene rings is 2. The summed E-state index contributed by atoms with van der Waals surface area (Å²) in [7, 11) is 3.87. The van der Waals surface area contributed by atoms with Crippen LogP contribution in [0.3, 0.4) is 0 Å². The van der Waals surface area contributed by atoms with Gasteiger partial charge in [0.25, 0.3) is 0 Å². The maximum Gasteiger partial charge on any atom is 0.317 e. The molecule has 26 heavy (non-hydrogen) atoms. The van der Waals surface area contributed by atoms with Gasteiger partial charge in [-0.3, -0.25) is 0 Å². The molecule has 1 N–H and O–H groups in total. The molecule has 0 bridgehead atoms. The van der Waals surface area contributed by atoms with Crippen LogP contribution in [0.25, 0.3) is 10.2 Å². The van der Waals surface area contributed by atoms with E-state index in [1.54, 1.807) is 23.3 Å². The molecule has 6 heteroatoms. The topological polar surface area (TPSA) is 48.5 Å². The lowest BCUT2D eigenvalue weighted by Gasteiger charge is -2.20. The van der Waals surface area contributed by atoms with Gasteiger partial charge in [-0.15, -0.1) is 11.3 Å². The van der Waals surface area contributed by atoms with Gasteiger partial charge in [0.05, 0.1) is 16.8 Å². The van der Waals surface area contributed by atoms with Crippen LogP contribution in [0.1, 0.15) is 11.4 Å². The highest BCUT2D eigenvalue weighted by Gasteiger charge is 2.11. The Morgan fingerprint density at radius 1 is 1.08 bits per heavy atom. The molecule has 0 radical (unpaired) electrons.